The summed E-state index contributed by atoms with van der Waals surface area (Å²) in [7, 11) is 0. The SMILES string of the molecule is O=C(Cn1nnnc1CC(Cc1ccccc1)NC(=O)OCc1ccccc1)OCc1ccccc1. The van der Waals surface area contributed by atoms with Gasteiger partial charge < -0.3 is 14.8 Å². The summed E-state index contributed by atoms with van der Waals surface area (Å²) in [5.74, 6) is -0.00167. The van der Waals surface area contributed by atoms with Gasteiger partial charge in [0.15, 0.2) is 5.82 Å². The highest BCUT2D eigenvalue weighted by Crippen LogP contribution is 2.09. The number of benzene rings is 3. The smallest absolute Gasteiger partial charge is 0.407 e. The molecule has 0 bridgehead atoms. The van der Waals surface area contributed by atoms with Gasteiger partial charge in [-0.2, -0.15) is 0 Å². The average Bonchev–Trinajstić information content (AvgIpc) is 3.34. The number of nitrogens with one attached hydrogen (secondary N) is 1. The summed E-state index contributed by atoms with van der Waals surface area (Å²) in [5, 5.41) is 14.6. The van der Waals surface area contributed by atoms with Crippen LogP contribution in [0.5, 0.6) is 0 Å². The van der Waals surface area contributed by atoms with Gasteiger partial charge in [0.25, 0.3) is 0 Å². The summed E-state index contributed by atoms with van der Waals surface area (Å²) < 4.78 is 12.1. The van der Waals surface area contributed by atoms with Crippen LogP contribution in [0.3, 0.4) is 0 Å². The maximum Gasteiger partial charge on any atom is 0.407 e. The molecule has 9 nitrogen and oxygen atoms in total. The molecule has 1 N–H and O–H groups in total. The van der Waals surface area contributed by atoms with Gasteiger partial charge in [-0.1, -0.05) is 91.0 Å². The second kappa shape index (κ2) is 12.8. The van der Waals surface area contributed by atoms with Crippen LogP contribution in [-0.4, -0.2) is 38.3 Å². The summed E-state index contributed by atoms with van der Waals surface area (Å²) in [4.78, 5) is 24.9. The number of hydrogen-bond donors (Lipinski definition) is 1. The van der Waals surface area contributed by atoms with Crippen molar-refractivity contribution in [3.63, 3.8) is 0 Å². The lowest BCUT2D eigenvalue weighted by atomic mass is 10.0. The lowest BCUT2D eigenvalue weighted by Gasteiger charge is -2.18. The fourth-order valence-electron chi connectivity index (χ4n) is 3.62. The molecule has 1 atom stereocenters. The molecule has 1 heterocycles. The average molecular weight is 486 g/mol. The Morgan fingerprint density at radius 3 is 1.92 bits per heavy atom. The topological polar surface area (TPSA) is 108 Å². The molecule has 1 aromatic heterocycles. The van der Waals surface area contributed by atoms with Gasteiger partial charge in [-0.3, -0.25) is 4.79 Å². The zero-order chi connectivity index (χ0) is 25.0. The highest BCUT2D eigenvalue weighted by atomic mass is 16.5. The van der Waals surface area contributed by atoms with E-state index in [1.54, 1.807) is 0 Å². The van der Waals surface area contributed by atoms with Gasteiger partial charge in [-0.15, -0.1) is 5.10 Å². The van der Waals surface area contributed by atoms with E-state index in [2.05, 4.69) is 20.8 Å². The number of carbonyl (C=O) groups is 2. The van der Waals surface area contributed by atoms with Gasteiger partial charge >= 0.3 is 12.1 Å². The third-order valence-corrected chi connectivity index (χ3v) is 5.42. The maximum atomic E-state index is 12.6. The molecule has 1 amide bonds. The van der Waals surface area contributed by atoms with E-state index in [-0.39, 0.29) is 25.8 Å². The van der Waals surface area contributed by atoms with E-state index in [9.17, 15) is 9.59 Å². The number of nitrogens with zero attached hydrogens (tertiary/aromatic N) is 4. The Labute approximate surface area is 209 Å². The largest absolute Gasteiger partial charge is 0.459 e. The number of esters is 1. The van der Waals surface area contributed by atoms with Crippen molar-refractivity contribution < 1.29 is 19.1 Å². The van der Waals surface area contributed by atoms with Crippen molar-refractivity contribution in [1.82, 2.24) is 25.5 Å². The minimum atomic E-state index is -0.541. The van der Waals surface area contributed by atoms with E-state index in [0.29, 0.717) is 18.7 Å². The van der Waals surface area contributed by atoms with Crippen LogP contribution in [0.25, 0.3) is 0 Å². The van der Waals surface area contributed by atoms with Crippen LogP contribution in [-0.2, 0) is 46.9 Å². The molecular weight excluding hydrogens is 458 g/mol. The minimum absolute atomic E-state index is 0.133. The normalized spacial score (nSPS) is 11.4. The Morgan fingerprint density at radius 1 is 0.750 bits per heavy atom. The third-order valence-electron chi connectivity index (χ3n) is 5.42. The molecule has 0 aliphatic carbocycles. The molecule has 36 heavy (non-hydrogen) atoms. The molecule has 0 spiro atoms. The Morgan fingerprint density at radius 2 is 1.31 bits per heavy atom. The highest BCUT2D eigenvalue weighted by molar-refractivity contribution is 5.69. The molecule has 1 unspecified atom stereocenters. The minimum Gasteiger partial charge on any atom is -0.459 e. The Bertz CT molecular complexity index is 1230. The molecule has 0 radical (unpaired) electrons. The predicted octanol–water partition coefficient (Wildman–Crippen LogP) is 3.50. The van der Waals surface area contributed by atoms with Crippen molar-refractivity contribution in [3.8, 4) is 0 Å². The van der Waals surface area contributed by atoms with E-state index in [1.807, 2.05) is 91.0 Å². The Kier molecular flexibility index (Phi) is 8.74. The number of aromatic nitrogens is 4. The van der Waals surface area contributed by atoms with Gasteiger partial charge in [0.1, 0.15) is 19.8 Å². The number of alkyl carbamates (subject to hydrolysis) is 1. The number of tetrazole rings is 1. The fourth-order valence-corrected chi connectivity index (χ4v) is 3.62. The number of amides is 1. The molecule has 9 heteroatoms. The number of carbonyl (C=O) groups excluding carboxylic acids is 2. The summed E-state index contributed by atoms with van der Waals surface area (Å²) in [6.45, 7) is 0.198. The highest BCUT2D eigenvalue weighted by Gasteiger charge is 2.20. The summed E-state index contributed by atoms with van der Waals surface area (Å²) in [6, 6.07) is 28.3. The third kappa shape index (κ3) is 7.76. The lowest BCUT2D eigenvalue weighted by molar-refractivity contribution is -0.146. The van der Waals surface area contributed by atoms with Crippen LogP contribution >= 0.6 is 0 Å². The van der Waals surface area contributed by atoms with Gasteiger partial charge in [-0.25, -0.2) is 9.48 Å². The van der Waals surface area contributed by atoms with Gasteiger partial charge in [0.05, 0.1) is 0 Å². The molecule has 0 saturated heterocycles. The second-order valence-corrected chi connectivity index (χ2v) is 8.20. The fraction of sp³-hybridized carbons (Fsp3) is 0.222. The summed E-state index contributed by atoms with van der Waals surface area (Å²) in [5.41, 5.74) is 2.82. The van der Waals surface area contributed by atoms with Crippen LogP contribution < -0.4 is 5.32 Å². The van der Waals surface area contributed by atoms with E-state index in [0.717, 1.165) is 16.7 Å². The van der Waals surface area contributed by atoms with Gasteiger partial charge in [-0.05, 0) is 33.5 Å². The first-order valence-corrected chi connectivity index (χ1v) is 11.6. The first-order valence-electron chi connectivity index (χ1n) is 11.6. The predicted molar refractivity (Wildman–Crippen MR) is 131 cm³/mol. The van der Waals surface area contributed by atoms with Crippen molar-refractivity contribution in [2.24, 2.45) is 0 Å². The summed E-state index contributed by atoms with van der Waals surface area (Å²) >= 11 is 0. The van der Waals surface area contributed by atoms with Crippen molar-refractivity contribution >= 4 is 12.1 Å². The van der Waals surface area contributed by atoms with Crippen LogP contribution in [0, 0.1) is 0 Å². The zero-order valence-electron chi connectivity index (χ0n) is 19.7. The summed E-state index contributed by atoms with van der Waals surface area (Å²) in [6.07, 6.45) is 0.294. The first kappa shape index (κ1) is 24.6. The number of hydrogen-bond acceptors (Lipinski definition) is 7. The lowest BCUT2D eigenvalue weighted by Crippen LogP contribution is -2.39. The van der Waals surface area contributed by atoms with E-state index >= 15 is 0 Å². The molecular formula is C27H27N5O4. The van der Waals surface area contributed by atoms with Crippen molar-refractivity contribution in [3.05, 3.63) is 114 Å². The zero-order valence-corrected chi connectivity index (χ0v) is 19.7. The first-order chi connectivity index (χ1) is 17.7. The molecule has 0 saturated carbocycles. The molecule has 4 aromatic rings. The molecule has 0 aliphatic heterocycles. The van der Waals surface area contributed by atoms with E-state index < -0.39 is 12.1 Å². The molecule has 0 fully saturated rings. The second-order valence-electron chi connectivity index (χ2n) is 8.20. The quantitative estimate of drug-likeness (QED) is 0.324. The number of ether oxygens (including phenoxy) is 2. The molecule has 4 rings (SSSR count). The van der Waals surface area contributed by atoms with Gasteiger partial charge in [0, 0.05) is 12.5 Å². The van der Waals surface area contributed by atoms with Crippen molar-refractivity contribution in [2.75, 3.05) is 0 Å². The monoisotopic (exact) mass is 485 g/mol. The molecule has 3 aromatic carbocycles. The van der Waals surface area contributed by atoms with E-state index in [4.69, 9.17) is 9.47 Å². The van der Waals surface area contributed by atoms with Crippen molar-refractivity contribution in [2.45, 2.75) is 38.6 Å². The Balaban J connectivity index is 1.37. The maximum absolute atomic E-state index is 12.6. The van der Waals surface area contributed by atoms with Crippen LogP contribution in [0.15, 0.2) is 91.0 Å². The van der Waals surface area contributed by atoms with Gasteiger partial charge in [0.2, 0.25) is 0 Å². The van der Waals surface area contributed by atoms with Crippen molar-refractivity contribution in [1.29, 1.82) is 0 Å². The standard InChI is InChI=1S/C27H27N5O4/c33-26(35-19-22-12-6-2-7-13-22)18-32-25(29-30-31-32)17-24(16-21-10-4-1-5-11-21)28-27(34)36-20-23-14-8-3-9-15-23/h1-15,24H,16-20H2,(H,28,34). The molecule has 184 valence electrons. The van der Waals surface area contributed by atoms with Crippen LogP contribution in [0.1, 0.15) is 22.5 Å². The Hall–Kier alpha value is -4.53. The number of rotatable bonds is 11. The van der Waals surface area contributed by atoms with Crippen LogP contribution in [0.2, 0.25) is 0 Å². The van der Waals surface area contributed by atoms with Crippen LogP contribution in [0.4, 0.5) is 4.79 Å². The molecule has 0 aliphatic rings. The van der Waals surface area contributed by atoms with E-state index in [1.165, 1.54) is 4.68 Å².